The number of aromatic nitrogens is 4. The van der Waals surface area contributed by atoms with Gasteiger partial charge < -0.3 is 25.2 Å². The Morgan fingerprint density at radius 2 is 1.92 bits per heavy atom. The number of aliphatic hydroxyl groups excluding tert-OH is 1. The number of halogens is 2. The molecular weight excluding hydrogens is 508 g/mol. The Morgan fingerprint density at radius 1 is 1.15 bits per heavy atom. The van der Waals surface area contributed by atoms with Gasteiger partial charge >= 0.3 is 0 Å². The van der Waals surface area contributed by atoms with Crippen LogP contribution in [0.2, 0.25) is 0 Å². The molecule has 4 aromatic rings. The van der Waals surface area contributed by atoms with Crippen molar-refractivity contribution in [2.75, 3.05) is 25.6 Å². The largest absolute Gasteiger partial charge is 0.491 e. The van der Waals surface area contributed by atoms with E-state index in [-0.39, 0.29) is 37.2 Å². The molecule has 0 spiro atoms. The van der Waals surface area contributed by atoms with Crippen LogP contribution in [-0.2, 0) is 6.54 Å². The Bertz CT molecular complexity index is 1540. The third kappa shape index (κ3) is 5.50. The van der Waals surface area contributed by atoms with Gasteiger partial charge in [-0.05, 0) is 26.0 Å². The van der Waals surface area contributed by atoms with E-state index in [1.165, 1.54) is 18.0 Å². The normalized spacial score (nSPS) is 15.0. The summed E-state index contributed by atoms with van der Waals surface area (Å²) in [6.45, 7) is 3.30. The molecule has 10 nitrogen and oxygen atoms in total. The van der Waals surface area contributed by atoms with E-state index in [4.69, 9.17) is 14.6 Å². The number of aliphatic imine (C=N–C) groups is 1. The second-order valence-electron chi connectivity index (χ2n) is 8.85. The average Bonchev–Trinajstić information content (AvgIpc) is 3.27. The molecule has 1 unspecified atom stereocenters. The Kier molecular flexibility index (Phi) is 7.37. The van der Waals surface area contributed by atoms with Crippen molar-refractivity contribution in [3.8, 4) is 23.0 Å². The molecule has 39 heavy (non-hydrogen) atoms. The molecule has 0 radical (unpaired) electrons. The molecule has 5 rings (SSSR count). The number of rotatable bonds is 9. The molecule has 3 heterocycles. The molecule has 2 aromatic heterocycles. The lowest BCUT2D eigenvalue weighted by atomic mass is 10.1. The molecule has 0 saturated carbocycles. The standard InChI is InChI=1S/C27H27F2N7O3/c1-15-10-24(32-16(2)31-15)33-26-23(38-3)13-30-27(34-26)25-18-6-4-5-7-22(18)36(35-25)14-19-20(28)11-17(12-21(19)29)39-9-8-37/h4-7,10-13,24,37H,8-9,14H2,1-3H3,(H,31,32)(H,30,33,34). The number of amidine groups is 1. The maximum atomic E-state index is 14.9. The lowest BCUT2D eigenvalue weighted by molar-refractivity contribution is 0.200. The fraction of sp³-hybridized carbons (Fsp3) is 0.259. The molecule has 1 aliphatic rings. The van der Waals surface area contributed by atoms with Gasteiger partial charge in [0.15, 0.2) is 17.4 Å². The summed E-state index contributed by atoms with van der Waals surface area (Å²) in [6, 6.07) is 9.49. The van der Waals surface area contributed by atoms with Crippen LogP contribution >= 0.6 is 0 Å². The zero-order valence-corrected chi connectivity index (χ0v) is 21.6. The van der Waals surface area contributed by atoms with Gasteiger partial charge in [0.2, 0.25) is 0 Å². The van der Waals surface area contributed by atoms with Crippen LogP contribution in [0.4, 0.5) is 14.6 Å². The molecule has 0 bridgehead atoms. The van der Waals surface area contributed by atoms with Crippen LogP contribution in [0.15, 0.2) is 59.4 Å². The first kappa shape index (κ1) is 26.0. The maximum absolute atomic E-state index is 14.9. The zero-order valence-electron chi connectivity index (χ0n) is 21.6. The number of hydrogen-bond donors (Lipinski definition) is 3. The van der Waals surface area contributed by atoms with Crippen molar-refractivity contribution < 1.29 is 23.4 Å². The van der Waals surface area contributed by atoms with Gasteiger partial charge in [-0.15, -0.1) is 0 Å². The smallest absolute Gasteiger partial charge is 0.182 e. The van der Waals surface area contributed by atoms with Crippen LogP contribution in [0.3, 0.4) is 0 Å². The number of para-hydroxylation sites is 1. The number of anilines is 1. The van der Waals surface area contributed by atoms with Crippen LogP contribution < -0.4 is 20.1 Å². The summed E-state index contributed by atoms with van der Waals surface area (Å²) in [5, 5.41) is 20.7. The van der Waals surface area contributed by atoms with Gasteiger partial charge in [0, 0.05) is 28.8 Å². The van der Waals surface area contributed by atoms with Crippen LogP contribution in [0.25, 0.3) is 22.4 Å². The summed E-state index contributed by atoms with van der Waals surface area (Å²) in [6.07, 6.45) is 3.09. The van der Waals surface area contributed by atoms with Gasteiger partial charge in [-0.25, -0.2) is 23.7 Å². The number of hydrogen-bond acceptors (Lipinski definition) is 9. The van der Waals surface area contributed by atoms with Crippen LogP contribution in [0, 0.1) is 11.6 Å². The molecule has 0 saturated heterocycles. The summed E-state index contributed by atoms with van der Waals surface area (Å²) < 4.78 is 41.9. The average molecular weight is 536 g/mol. The summed E-state index contributed by atoms with van der Waals surface area (Å²) in [7, 11) is 1.52. The lowest BCUT2D eigenvalue weighted by Crippen LogP contribution is -2.30. The lowest BCUT2D eigenvalue weighted by Gasteiger charge is -2.20. The van der Waals surface area contributed by atoms with E-state index in [1.807, 2.05) is 44.2 Å². The molecule has 0 amide bonds. The van der Waals surface area contributed by atoms with E-state index in [2.05, 4.69) is 30.7 Å². The third-order valence-corrected chi connectivity index (χ3v) is 6.03. The molecular formula is C27H27F2N7O3. The highest BCUT2D eigenvalue weighted by Crippen LogP contribution is 2.31. The first-order valence-corrected chi connectivity index (χ1v) is 12.2. The molecule has 1 atom stereocenters. The van der Waals surface area contributed by atoms with Crippen LogP contribution in [-0.4, -0.2) is 57.2 Å². The minimum atomic E-state index is -0.780. The highest BCUT2D eigenvalue weighted by atomic mass is 19.1. The Balaban J connectivity index is 1.52. The van der Waals surface area contributed by atoms with Gasteiger partial charge in [0.05, 0.1) is 32.0 Å². The van der Waals surface area contributed by atoms with Gasteiger partial charge in [-0.2, -0.15) is 5.10 Å². The number of benzene rings is 2. The number of nitrogens with zero attached hydrogens (tertiary/aromatic N) is 5. The third-order valence-electron chi connectivity index (χ3n) is 6.03. The van der Waals surface area contributed by atoms with Crippen molar-refractivity contribution in [1.29, 1.82) is 0 Å². The van der Waals surface area contributed by atoms with E-state index in [0.29, 0.717) is 34.0 Å². The SMILES string of the molecule is COc1cnc(-c2nn(Cc3c(F)cc(OCCO)cc3F)c3ccccc23)nc1NC1C=C(C)NC(C)=N1. The number of allylic oxidation sites excluding steroid dienone is 1. The Morgan fingerprint density at radius 3 is 2.64 bits per heavy atom. The molecule has 1 aliphatic heterocycles. The highest BCUT2D eigenvalue weighted by Gasteiger charge is 2.21. The van der Waals surface area contributed by atoms with Gasteiger partial charge in [-0.1, -0.05) is 18.2 Å². The van der Waals surface area contributed by atoms with Crippen molar-refractivity contribution in [3.05, 3.63) is 71.6 Å². The molecule has 2 aromatic carbocycles. The second-order valence-corrected chi connectivity index (χ2v) is 8.85. The maximum Gasteiger partial charge on any atom is 0.182 e. The van der Waals surface area contributed by atoms with E-state index in [9.17, 15) is 8.78 Å². The molecule has 0 fully saturated rings. The van der Waals surface area contributed by atoms with Crippen molar-refractivity contribution >= 4 is 22.6 Å². The topological polar surface area (TPSA) is 119 Å². The summed E-state index contributed by atoms with van der Waals surface area (Å²) >= 11 is 0. The van der Waals surface area contributed by atoms with Gasteiger partial charge in [-0.3, -0.25) is 4.68 Å². The minimum Gasteiger partial charge on any atom is -0.491 e. The molecule has 3 N–H and O–H groups in total. The zero-order chi connectivity index (χ0) is 27.5. The second kappa shape index (κ2) is 11.0. The van der Waals surface area contributed by atoms with Crippen molar-refractivity contribution in [1.82, 2.24) is 25.1 Å². The predicted octanol–water partition coefficient (Wildman–Crippen LogP) is 3.86. The monoisotopic (exact) mass is 535 g/mol. The van der Waals surface area contributed by atoms with Gasteiger partial charge in [0.25, 0.3) is 0 Å². The summed E-state index contributed by atoms with van der Waals surface area (Å²) in [5.41, 5.74) is 1.87. The van der Waals surface area contributed by atoms with E-state index < -0.39 is 11.6 Å². The fourth-order valence-electron chi connectivity index (χ4n) is 4.33. The van der Waals surface area contributed by atoms with Crippen molar-refractivity contribution in [2.24, 2.45) is 4.99 Å². The van der Waals surface area contributed by atoms with E-state index >= 15 is 0 Å². The van der Waals surface area contributed by atoms with E-state index in [0.717, 1.165) is 23.7 Å². The quantitative estimate of drug-likeness (QED) is 0.296. The minimum absolute atomic E-state index is 0.00112. The van der Waals surface area contributed by atoms with Crippen molar-refractivity contribution in [2.45, 2.75) is 26.6 Å². The fourth-order valence-corrected chi connectivity index (χ4v) is 4.33. The van der Waals surface area contributed by atoms with Crippen molar-refractivity contribution in [3.63, 3.8) is 0 Å². The Labute approximate surface area is 223 Å². The molecule has 0 aliphatic carbocycles. The van der Waals surface area contributed by atoms with Crippen LogP contribution in [0.1, 0.15) is 19.4 Å². The number of methoxy groups -OCH3 is 1. The summed E-state index contributed by atoms with van der Waals surface area (Å²) in [5.74, 6) is 0.348. The molecule has 202 valence electrons. The number of ether oxygens (including phenoxy) is 2. The predicted molar refractivity (Wildman–Crippen MR) is 143 cm³/mol. The van der Waals surface area contributed by atoms with E-state index in [1.54, 1.807) is 0 Å². The first-order valence-electron chi connectivity index (χ1n) is 12.2. The first-order chi connectivity index (χ1) is 18.9. The number of fused-ring (bicyclic) bond motifs is 1. The number of aliphatic hydroxyl groups is 1. The number of nitrogens with one attached hydrogen (secondary N) is 2. The summed E-state index contributed by atoms with van der Waals surface area (Å²) in [4.78, 5) is 13.7. The van der Waals surface area contributed by atoms with Crippen LogP contribution in [0.5, 0.6) is 11.5 Å². The van der Waals surface area contributed by atoms with Gasteiger partial charge in [0.1, 0.15) is 41.7 Å². The highest BCUT2D eigenvalue weighted by molar-refractivity contribution is 5.92. The Hall–Kier alpha value is -4.58. The molecule has 12 heteroatoms.